The maximum absolute atomic E-state index is 12.2. The lowest BCUT2D eigenvalue weighted by Crippen LogP contribution is -2.41. The van der Waals surface area contributed by atoms with Crippen molar-refractivity contribution >= 4 is 40.8 Å². The van der Waals surface area contributed by atoms with E-state index in [1.807, 2.05) is 0 Å². The minimum absolute atomic E-state index is 0.00427. The zero-order valence-corrected chi connectivity index (χ0v) is 15.2. The van der Waals surface area contributed by atoms with Crippen LogP contribution in [-0.2, 0) is 14.3 Å². The molecule has 0 saturated heterocycles. The predicted octanol–water partition coefficient (Wildman–Crippen LogP) is 3.70. The topological polar surface area (TPSA) is 73.9 Å². The molecule has 6 nitrogen and oxygen atoms in total. The molecule has 1 aliphatic heterocycles. The number of anilines is 1. The molecule has 136 valence electrons. The molecule has 1 amide bonds. The number of carbonyl (C=O) groups is 2. The third-order valence-corrected chi connectivity index (χ3v) is 4.46. The number of esters is 1. The fourth-order valence-corrected chi connectivity index (χ4v) is 2.62. The fourth-order valence-electron chi connectivity index (χ4n) is 2.27. The fraction of sp³-hybridized carbons (Fsp3) is 0.222. The smallest absolute Gasteiger partial charge is 0.351 e. The van der Waals surface area contributed by atoms with Gasteiger partial charge < -0.3 is 19.5 Å². The largest absolute Gasteiger partial charge is 0.485 e. The summed E-state index contributed by atoms with van der Waals surface area (Å²) in [6, 6.07) is 11.8. The Balaban J connectivity index is 1.59. The van der Waals surface area contributed by atoms with Crippen LogP contribution in [0.1, 0.15) is 6.92 Å². The van der Waals surface area contributed by atoms with E-state index in [0.29, 0.717) is 22.2 Å². The van der Waals surface area contributed by atoms with Gasteiger partial charge in [0.15, 0.2) is 17.6 Å². The average Bonchev–Trinajstić information content (AvgIpc) is 2.64. The second-order valence-electron chi connectivity index (χ2n) is 5.53. The summed E-state index contributed by atoms with van der Waals surface area (Å²) >= 11 is 11.9. The molecular weight excluding hydrogens is 381 g/mol. The van der Waals surface area contributed by atoms with Crippen LogP contribution in [0.25, 0.3) is 0 Å². The van der Waals surface area contributed by atoms with Gasteiger partial charge in [-0.1, -0.05) is 41.4 Å². The highest BCUT2D eigenvalue weighted by molar-refractivity contribution is 6.44. The third kappa shape index (κ3) is 4.03. The lowest BCUT2D eigenvalue weighted by atomic mass is 10.2. The molecule has 0 bridgehead atoms. The van der Waals surface area contributed by atoms with Crippen molar-refractivity contribution in [2.75, 3.05) is 11.9 Å². The quantitative estimate of drug-likeness (QED) is 0.798. The summed E-state index contributed by atoms with van der Waals surface area (Å²) in [6.07, 6.45) is -2.01. The number of para-hydroxylation sites is 2. The molecule has 2 aromatic rings. The summed E-state index contributed by atoms with van der Waals surface area (Å²) in [5.74, 6) is -0.236. The molecule has 1 heterocycles. The maximum Gasteiger partial charge on any atom is 0.351 e. The maximum atomic E-state index is 12.2. The number of halogens is 2. The first-order valence-corrected chi connectivity index (χ1v) is 8.55. The number of ether oxygens (including phenoxy) is 3. The number of nitrogens with one attached hydrogen (secondary N) is 1. The summed E-state index contributed by atoms with van der Waals surface area (Å²) in [7, 11) is 0. The van der Waals surface area contributed by atoms with Crippen LogP contribution in [0.15, 0.2) is 42.5 Å². The molecule has 2 atom stereocenters. The van der Waals surface area contributed by atoms with Crippen LogP contribution in [0.3, 0.4) is 0 Å². The lowest BCUT2D eigenvalue weighted by Gasteiger charge is -2.25. The summed E-state index contributed by atoms with van der Waals surface area (Å²) < 4.78 is 16.2. The van der Waals surface area contributed by atoms with E-state index in [1.54, 1.807) is 42.5 Å². The van der Waals surface area contributed by atoms with Crippen molar-refractivity contribution in [2.45, 2.75) is 19.1 Å². The normalized spacial score (nSPS) is 16.5. The van der Waals surface area contributed by atoms with E-state index in [-0.39, 0.29) is 11.6 Å². The predicted molar refractivity (Wildman–Crippen MR) is 97.0 cm³/mol. The SMILES string of the molecule is C[C@@H](OC(=O)[C@H]1COc2ccccc2O1)C(=O)Nc1cccc(Cl)c1Cl. The highest BCUT2D eigenvalue weighted by atomic mass is 35.5. The van der Waals surface area contributed by atoms with Gasteiger partial charge in [0.1, 0.15) is 6.61 Å². The molecule has 8 heteroatoms. The van der Waals surface area contributed by atoms with E-state index in [0.717, 1.165) is 0 Å². The summed E-state index contributed by atoms with van der Waals surface area (Å²) in [5, 5.41) is 3.09. The molecule has 3 rings (SSSR count). The molecule has 0 radical (unpaired) electrons. The van der Waals surface area contributed by atoms with Gasteiger partial charge in [0.2, 0.25) is 6.10 Å². The van der Waals surface area contributed by atoms with E-state index < -0.39 is 24.1 Å². The van der Waals surface area contributed by atoms with Gasteiger partial charge in [-0.05, 0) is 31.2 Å². The van der Waals surface area contributed by atoms with E-state index >= 15 is 0 Å². The van der Waals surface area contributed by atoms with Gasteiger partial charge in [-0.25, -0.2) is 4.79 Å². The molecular formula is C18H15Cl2NO5. The number of hydrogen-bond acceptors (Lipinski definition) is 5. The molecule has 0 aliphatic carbocycles. The third-order valence-electron chi connectivity index (χ3n) is 3.64. The van der Waals surface area contributed by atoms with Crippen molar-refractivity contribution in [3.8, 4) is 11.5 Å². The lowest BCUT2D eigenvalue weighted by molar-refractivity contribution is -0.162. The Hall–Kier alpha value is -2.44. The van der Waals surface area contributed by atoms with Gasteiger partial charge in [-0.2, -0.15) is 0 Å². The molecule has 1 N–H and O–H groups in total. The number of hydrogen-bond donors (Lipinski definition) is 1. The Labute approximate surface area is 159 Å². The molecule has 26 heavy (non-hydrogen) atoms. The number of carbonyl (C=O) groups excluding carboxylic acids is 2. The van der Waals surface area contributed by atoms with E-state index in [9.17, 15) is 9.59 Å². The highest BCUT2D eigenvalue weighted by Gasteiger charge is 2.31. The Kier molecular flexibility index (Phi) is 5.54. The highest BCUT2D eigenvalue weighted by Crippen LogP contribution is 2.31. The number of benzene rings is 2. The van der Waals surface area contributed by atoms with E-state index in [4.69, 9.17) is 37.4 Å². The van der Waals surface area contributed by atoms with Crippen LogP contribution < -0.4 is 14.8 Å². The van der Waals surface area contributed by atoms with E-state index in [1.165, 1.54) is 6.92 Å². The monoisotopic (exact) mass is 395 g/mol. The van der Waals surface area contributed by atoms with E-state index in [2.05, 4.69) is 5.32 Å². The van der Waals surface area contributed by atoms with Crippen LogP contribution in [0, 0.1) is 0 Å². The van der Waals surface area contributed by atoms with Crippen molar-refractivity contribution in [1.29, 1.82) is 0 Å². The minimum atomic E-state index is -1.06. The van der Waals surface area contributed by atoms with Crippen LogP contribution in [0.2, 0.25) is 10.0 Å². The van der Waals surface area contributed by atoms with Crippen molar-refractivity contribution < 1.29 is 23.8 Å². The van der Waals surface area contributed by atoms with Gasteiger partial charge in [0, 0.05) is 0 Å². The second-order valence-corrected chi connectivity index (χ2v) is 6.32. The van der Waals surface area contributed by atoms with Crippen LogP contribution >= 0.6 is 23.2 Å². The van der Waals surface area contributed by atoms with Gasteiger partial charge in [-0.3, -0.25) is 4.79 Å². The first-order valence-electron chi connectivity index (χ1n) is 7.79. The van der Waals surface area contributed by atoms with Crippen molar-refractivity contribution in [3.05, 3.63) is 52.5 Å². The summed E-state index contributed by atoms with van der Waals surface area (Å²) in [5.41, 5.74) is 0.332. The molecule has 0 aromatic heterocycles. The Morgan fingerprint density at radius 3 is 2.65 bits per heavy atom. The Morgan fingerprint density at radius 2 is 1.88 bits per heavy atom. The Morgan fingerprint density at radius 1 is 1.15 bits per heavy atom. The average molecular weight is 396 g/mol. The van der Waals surface area contributed by atoms with Crippen LogP contribution in [-0.4, -0.2) is 30.7 Å². The van der Waals surface area contributed by atoms with Gasteiger partial charge in [0.25, 0.3) is 5.91 Å². The zero-order valence-electron chi connectivity index (χ0n) is 13.7. The van der Waals surface area contributed by atoms with Crippen molar-refractivity contribution in [2.24, 2.45) is 0 Å². The molecule has 0 fully saturated rings. The number of rotatable bonds is 4. The standard InChI is InChI=1S/C18H15Cl2NO5/c1-10(17(22)21-12-6-4-5-11(19)16(12)20)25-18(23)15-9-24-13-7-2-3-8-14(13)26-15/h2-8,10,15H,9H2,1H3,(H,21,22)/t10-,15-/m1/s1. The first kappa shape index (κ1) is 18.4. The molecule has 0 spiro atoms. The zero-order chi connectivity index (χ0) is 18.7. The second kappa shape index (κ2) is 7.85. The summed E-state index contributed by atoms with van der Waals surface area (Å²) in [6.45, 7) is 1.45. The van der Waals surface area contributed by atoms with Crippen molar-refractivity contribution in [3.63, 3.8) is 0 Å². The molecule has 0 unspecified atom stereocenters. The summed E-state index contributed by atoms with van der Waals surface area (Å²) in [4.78, 5) is 24.5. The molecule has 0 saturated carbocycles. The Bertz CT molecular complexity index is 842. The van der Waals surface area contributed by atoms with Crippen molar-refractivity contribution in [1.82, 2.24) is 0 Å². The number of amides is 1. The molecule has 2 aromatic carbocycles. The molecule has 1 aliphatic rings. The first-order chi connectivity index (χ1) is 12.5. The van der Waals surface area contributed by atoms with Gasteiger partial charge >= 0.3 is 5.97 Å². The number of fused-ring (bicyclic) bond motifs is 1. The minimum Gasteiger partial charge on any atom is -0.485 e. The van der Waals surface area contributed by atoms with Crippen LogP contribution in [0.5, 0.6) is 11.5 Å². The van der Waals surface area contributed by atoms with Gasteiger partial charge in [0.05, 0.1) is 15.7 Å². The van der Waals surface area contributed by atoms with Crippen LogP contribution in [0.4, 0.5) is 5.69 Å². The van der Waals surface area contributed by atoms with Gasteiger partial charge in [-0.15, -0.1) is 0 Å².